The summed E-state index contributed by atoms with van der Waals surface area (Å²) in [5.74, 6) is -0.412. The summed E-state index contributed by atoms with van der Waals surface area (Å²) in [4.78, 5) is 27.1. The molecular formula is C22H33BrN2O5. The monoisotopic (exact) mass is 484 g/mol. The van der Waals surface area contributed by atoms with E-state index >= 15 is 0 Å². The van der Waals surface area contributed by atoms with Crippen LogP contribution in [0.15, 0.2) is 28.7 Å². The number of benzene rings is 1. The number of amides is 1. The third-order valence-electron chi connectivity index (χ3n) is 4.43. The van der Waals surface area contributed by atoms with E-state index in [1.807, 2.05) is 45.0 Å². The fraction of sp³-hybridized carbons (Fsp3) is 0.636. The first-order valence-electron chi connectivity index (χ1n) is 10.1. The first-order valence-corrected chi connectivity index (χ1v) is 10.9. The van der Waals surface area contributed by atoms with Gasteiger partial charge in [0.05, 0.1) is 31.7 Å². The van der Waals surface area contributed by atoms with Crippen molar-refractivity contribution >= 4 is 28.0 Å². The van der Waals surface area contributed by atoms with Crippen LogP contribution in [0.4, 0.5) is 4.79 Å². The van der Waals surface area contributed by atoms with Crippen LogP contribution in [-0.2, 0) is 19.0 Å². The second kappa shape index (κ2) is 9.66. The Morgan fingerprint density at radius 2 is 1.67 bits per heavy atom. The Hall–Kier alpha value is -1.64. The molecule has 1 aliphatic heterocycles. The van der Waals surface area contributed by atoms with Crippen LogP contribution < -0.4 is 5.73 Å². The van der Waals surface area contributed by atoms with Gasteiger partial charge in [0.25, 0.3) is 0 Å². The molecule has 2 rings (SSSR count). The van der Waals surface area contributed by atoms with E-state index in [0.717, 1.165) is 10.0 Å². The number of esters is 1. The molecule has 1 aromatic rings. The third kappa shape index (κ3) is 7.25. The number of morpholine rings is 1. The number of rotatable bonds is 4. The maximum atomic E-state index is 13.2. The second-order valence-electron chi connectivity index (χ2n) is 9.51. The van der Waals surface area contributed by atoms with Gasteiger partial charge in [-0.25, -0.2) is 4.79 Å². The molecule has 1 aromatic carbocycles. The van der Waals surface area contributed by atoms with E-state index in [4.69, 9.17) is 19.9 Å². The van der Waals surface area contributed by atoms with Gasteiger partial charge in [-0.15, -0.1) is 0 Å². The Morgan fingerprint density at radius 3 is 2.20 bits per heavy atom. The van der Waals surface area contributed by atoms with Gasteiger partial charge >= 0.3 is 12.1 Å². The molecule has 0 radical (unpaired) electrons. The molecule has 1 heterocycles. The maximum Gasteiger partial charge on any atom is 0.411 e. The summed E-state index contributed by atoms with van der Waals surface area (Å²) < 4.78 is 17.8. The average molecular weight is 485 g/mol. The van der Waals surface area contributed by atoms with Crippen molar-refractivity contribution < 1.29 is 23.8 Å². The fourth-order valence-electron chi connectivity index (χ4n) is 3.25. The topological polar surface area (TPSA) is 91.1 Å². The summed E-state index contributed by atoms with van der Waals surface area (Å²) in [6.07, 6.45) is -0.513. The van der Waals surface area contributed by atoms with Crippen molar-refractivity contribution in [1.29, 1.82) is 0 Å². The molecule has 1 saturated heterocycles. The highest BCUT2D eigenvalue weighted by molar-refractivity contribution is 9.10. The number of ether oxygens (including phenoxy) is 3. The van der Waals surface area contributed by atoms with Crippen molar-refractivity contribution in [3.63, 3.8) is 0 Å². The molecule has 0 aliphatic carbocycles. The Bertz CT molecular complexity index is 739. The molecular weight excluding hydrogens is 452 g/mol. The van der Waals surface area contributed by atoms with Crippen molar-refractivity contribution in [2.24, 2.45) is 5.73 Å². The Balaban J connectivity index is 2.30. The molecule has 0 spiro atoms. The zero-order chi connectivity index (χ0) is 22.7. The first-order chi connectivity index (χ1) is 13.8. The minimum Gasteiger partial charge on any atom is -0.460 e. The lowest BCUT2D eigenvalue weighted by molar-refractivity contribution is -0.156. The molecule has 1 aliphatic rings. The van der Waals surface area contributed by atoms with E-state index in [1.54, 1.807) is 25.7 Å². The highest BCUT2D eigenvalue weighted by atomic mass is 79.9. The van der Waals surface area contributed by atoms with Crippen molar-refractivity contribution in [3.05, 3.63) is 34.3 Å². The average Bonchev–Trinajstić information content (AvgIpc) is 2.58. The van der Waals surface area contributed by atoms with Crippen LogP contribution in [0, 0.1) is 0 Å². The molecule has 7 nitrogen and oxygen atoms in total. The van der Waals surface area contributed by atoms with Crippen LogP contribution in [0.3, 0.4) is 0 Å². The van der Waals surface area contributed by atoms with Gasteiger partial charge in [-0.2, -0.15) is 0 Å². The minimum absolute atomic E-state index is 0.0301. The summed E-state index contributed by atoms with van der Waals surface area (Å²) in [5.41, 5.74) is 6.01. The molecule has 8 heteroatoms. The number of nitrogens with zero attached hydrogens (tertiary/aromatic N) is 1. The SMILES string of the molecule is CC(C)(C)OC(=O)CC(N)C1COCC(c2ccc(Br)cc2)N1C(=O)OC(C)(C)C. The van der Waals surface area contributed by atoms with Gasteiger partial charge in [0.2, 0.25) is 0 Å². The third-order valence-corrected chi connectivity index (χ3v) is 4.96. The fourth-order valence-corrected chi connectivity index (χ4v) is 3.52. The van der Waals surface area contributed by atoms with Gasteiger partial charge < -0.3 is 19.9 Å². The van der Waals surface area contributed by atoms with Crippen LogP contribution in [0.5, 0.6) is 0 Å². The molecule has 168 valence electrons. The molecule has 1 fully saturated rings. The molecule has 1 amide bonds. The predicted octanol–water partition coefficient (Wildman–Crippen LogP) is 4.19. The normalized spacial score (nSPS) is 21.1. The first kappa shape index (κ1) is 24.6. The highest BCUT2D eigenvalue weighted by Crippen LogP contribution is 2.31. The van der Waals surface area contributed by atoms with Crippen molar-refractivity contribution in [2.75, 3.05) is 13.2 Å². The molecule has 0 bridgehead atoms. The summed E-state index contributed by atoms with van der Waals surface area (Å²) >= 11 is 3.43. The zero-order valence-corrected chi connectivity index (χ0v) is 20.2. The van der Waals surface area contributed by atoms with Gasteiger partial charge in [0.15, 0.2) is 0 Å². The zero-order valence-electron chi connectivity index (χ0n) is 18.6. The summed E-state index contributed by atoms with van der Waals surface area (Å²) in [6.45, 7) is 11.4. The number of carbonyl (C=O) groups is 2. The van der Waals surface area contributed by atoms with Crippen molar-refractivity contribution in [3.8, 4) is 0 Å². The summed E-state index contributed by atoms with van der Waals surface area (Å²) in [7, 11) is 0. The standard InChI is InChI=1S/C22H33BrN2O5/c1-21(2,3)29-19(26)11-16(24)18-13-28-12-17(14-7-9-15(23)10-8-14)25(18)20(27)30-22(4,5)6/h7-10,16-18H,11-13,24H2,1-6H3. The van der Waals surface area contributed by atoms with Crippen LogP contribution in [0.25, 0.3) is 0 Å². The van der Waals surface area contributed by atoms with E-state index in [0.29, 0.717) is 6.61 Å². The Kier molecular flexibility index (Phi) is 7.93. The quantitative estimate of drug-likeness (QED) is 0.644. The Labute approximate surface area is 187 Å². The number of halogens is 1. The number of carbonyl (C=O) groups excluding carboxylic acids is 2. The molecule has 30 heavy (non-hydrogen) atoms. The smallest absolute Gasteiger partial charge is 0.411 e. The lowest BCUT2D eigenvalue weighted by atomic mass is 9.97. The van der Waals surface area contributed by atoms with Gasteiger partial charge in [0, 0.05) is 10.5 Å². The predicted molar refractivity (Wildman–Crippen MR) is 118 cm³/mol. The highest BCUT2D eigenvalue weighted by Gasteiger charge is 2.41. The van der Waals surface area contributed by atoms with Gasteiger partial charge in [-0.1, -0.05) is 28.1 Å². The summed E-state index contributed by atoms with van der Waals surface area (Å²) in [6, 6.07) is 6.10. The lowest BCUT2D eigenvalue weighted by Crippen LogP contribution is -2.59. The molecule has 0 saturated carbocycles. The van der Waals surface area contributed by atoms with E-state index in [-0.39, 0.29) is 19.1 Å². The van der Waals surface area contributed by atoms with Gasteiger partial charge in [-0.05, 0) is 59.2 Å². The van der Waals surface area contributed by atoms with E-state index in [9.17, 15) is 9.59 Å². The number of nitrogens with two attached hydrogens (primary N) is 1. The van der Waals surface area contributed by atoms with Crippen LogP contribution in [0.1, 0.15) is 59.6 Å². The van der Waals surface area contributed by atoms with Crippen molar-refractivity contribution in [2.45, 2.75) is 77.3 Å². The van der Waals surface area contributed by atoms with Crippen LogP contribution in [-0.4, -0.2) is 53.5 Å². The van der Waals surface area contributed by atoms with E-state index in [2.05, 4.69) is 15.9 Å². The van der Waals surface area contributed by atoms with Crippen LogP contribution >= 0.6 is 15.9 Å². The Morgan fingerprint density at radius 1 is 1.10 bits per heavy atom. The number of hydrogen-bond acceptors (Lipinski definition) is 6. The number of hydrogen-bond donors (Lipinski definition) is 1. The van der Waals surface area contributed by atoms with E-state index in [1.165, 1.54) is 0 Å². The molecule has 2 N–H and O–H groups in total. The largest absolute Gasteiger partial charge is 0.460 e. The molecule has 3 unspecified atom stereocenters. The lowest BCUT2D eigenvalue weighted by Gasteiger charge is -2.44. The molecule has 3 atom stereocenters. The van der Waals surface area contributed by atoms with E-state index < -0.39 is 35.3 Å². The maximum absolute atomic E-state index is 13.2. The van der Waals surface area contributed by atoms with Gasteiger partial charge in [-0.3, -0.25) is 9.69 Å². The molecule has 0 aromatic heterocycles. The van der Waals surface area contributed by atoms with Crippen molar-refractivity contribution in [1.82, 2.24) is 4.90 Å². The second-order valence-corrected chi connectivity index (χ2v) is 10.4. The van der Waals surface area contributed by atoms with Crippen LogP contribution in [0.2, 0.25) is 0 Å². The minimum atomic E-state index is -0.667. The van der Waals surface area contributed by atoms with Gasteiger partial charge in [0.1, 0.15) is 11.2 Å². The summed E-state index contributed by atoms with van der Waals surface area (Å²) in [5, 5.41) is 0.